The summed E-state index contributed by atoms with van der Waals surface area (Å²) in [4.78, 5) is 0. The predicted molar refractivity (Wildman–Crippen MR) is 83.0 cm³/mol. The Morgan fingerprint density at radius 3 is 2.86 bits per heavy atom. The van der Waals surface area contributed by atoms with Crippen LogP contribution < -0.4 is 5.73 Å². The van der Waals surface area contributed by atoms with Crippen LogP contribution in [0.4, 0.5) is 4.39 Å². The zero-order valence-electron chi connectivity index (χ0n) is 12.3. The number of benzene rings is 1. The molecular formula is C17H23ClFNO. The molecule has 1 aromatic rings. The van der Waals surface area contributed by atoms with E-state index in [1.165, 1.54) is 18.9 Å². The molecule has 1 spiro atoms. The van der Waals surface area contributed by atoms with Crippen LogP contribution in [0, 0.1) is 11.7 Å². The number of hydrogen-bond donors (Lipinski definition) is 1. The van der Waals surface area contributed by atoms with E-state index < -0.39 is 0 Å². The molecule has 0 aromatic heterocycles. The SMILES string of the molecule is NC(Cc1c(F)cccc1Cl)C1CCOC2(CCCC2)C1. The lowest BCUT2D eigenvalue weighted by Gasteiger charge is -2.40. The molecule has 2 aliphatic rings. The van der Waals surface area contributed by atoms with E-state index in [1.54, 1.807) is 12.1 Å². The van der Waals surface area contributed by atoms with Crippen molar-refractivity contribution in [2.75, 3.05) is 6.61 Å². The minimum absolute atomic E-state index is 0.0548. The third-order valence-corrected chi connectivity index (χ3v) is 5.51. The molecule has 2 unspecified atom stereocenters. The Hall–Kier alpha value is -0.640. The summed E-state index contributed by atoms with van der Waals surface area (Å²) in [7, 11) is 0. The van der Waals surface area contributed by atoms with Gasteiger partial charge in [-0.15, -0.1) is 0 Å². The highest BCUT2D eigenvalue weighted by Crippen LogP contribution is 2.43. The second-order valence-electron chi connectivity index (χ2n) is 6.56. The Balaban J connectivity index is 1.69. The minimum atomic E-state index is -0.249. The van der Waals surface area contributed by atoms with Crippen LogP contribution in [0.2, 0.25) is 5.02 Å². The first-order valence-electron chi connectivity index (χ1n) is 7.92. The first-order chi connectivity index (χ1) is 10.1. The molecule has 1 saturated carbocycles. The summed E-state index contributed by atoms with van der Waals surface area (Å²) in [6, 6.07) is 4.76. The maximum atomic E-state index is 13.9. The van der Waals surface area contributed by atoms with Gasteiger partial charge in [-0.05, 0) is 50.2 Å². The molecule has 2 fully saturated rings. The van der Waals surface area contributed by atoms with Gasteiger partial charge in [0.15, 0.2) is 0 Å². The smallest absolute Gasteiger partial charge is 0.127 e. The van der Waals surface area contributed by atoms with Gasteiger partial charge in [-0.3, -0.25) is 0 Å². The normalized spacial score (nSPS) is 26.1. The Kier molecular flexibility index (Phi) is 4.53. The molecule has 2 N–H and O–H groups in total. The van der Waals surface area contributed by atoms with E-state index in [-0.39, 0.29) is 17.5 Å². The van der Waals surface area contributed by atoms with Gasteiger partial charge < -0.3 is 10.5 Å². The monoisotopic (exact) mass is 311 g/mol. The van der Waals surface area contributed by atoms with Gasteiger partial charge in [0.2, 0.25) is 0 Å². The molecule has 116 valence electrons. The van der Waals surface area contributed by atoms with E-state index in [0.29, 0.717) is 22.9 Å². The van der Waals surface area contributed by atoms with E-state index in [9.17, 15) is 4.39 Å². The summed E-state index contributed by atoms with van der Waals surface area (Å²) in [6.45, 7) is 0.781. The van der Waals surface area contributed by atoms with Crippen molar-refractivity contribution in [3.63, 3.8) is 0 Å². The van der Waals surface area contributed by atoms with Gasteiger partial charge in [-0.25, -0.2) is 4.39 Å². The fraction of sp³-hybridized carbons (Fsp3) is 0.647. The van der Waals surface area contributed by atoms with Crippen LogP contribution in [-0.4, -0.2) is 18.2 Å². The van der Waals surface area contributed by atoms with Crippen LogP contribution in [0.25, 0.3) is 0 Å². The average Bonchev–Trinajstić information content (AvgIpc) is 2.91. The van der Waals surface area contributed by atoms with Crippen molar-refractivity contribution in [3.05, 3.63) is 34.6 Å². The molecule has 1 aliphatic heterocycles. The lowest BCUT2D eigenvalue weighted by Crippen LogP contribution is -2.44. The number of nitrogens with two attached hydrogens (primary N) is 1. The van der Waals surface area contributed by atoms with E-state index >= 15 is 0 Å². The molecule has 0 radical (unpaired) electrons. The van der Waals surface area contributed by atoms with E-state index in [1.807, 2.05) is 0 Å². The van der Waals surface area contributed by atoms with E-state index in [0.717, 1.165) is 32.3 Å². The summed E-state index contributed by atoms with van der Waals surface area (Å²) < 4.78 is 20.0. The number of hydrogen-bond acceptors (Lipinski definition) is 2. The minimum Gasteiger partial charge on any atom is -0.375 e. The van der Waals surface area contributed by atoms with Gasteiger partial charge in [0.25, 0.3) is 0 Å². The molecule has 3 rings (SSSR count). The van der Waals surface area contributed by atoms with E-state index in [2.05, 4.69) is 0 Å². The number of ether oxygens (including phenoxy) is 1. The Morgan fingerprint density at radius 1 is 1.38 bits per heavy atom. The Morgan fingerprint density at radius 2 is 2.14 bits per heavy atom. The summed E-state index contributed by atoms with van der Waals surface area (Å²) >= 11 is 6.11. The fourth-order valence-corrected chi connectivity index (χ4v) is 4.17. The van der Waals surface area contributed by atoms with Gasteiger partial charge >= 0.3 is 0 Å². The quantitative estimate of drug-likeness (QED) is 0.912. The molecule has 21 heavy (non-hydrogen) atoms. The Labute approximate surface area is 130 Å². The third kappa shape index (κ3) is 3.25. The summed E-state index contributed by atoms with van der Waals surface area (Å²) in [6.07, 6.45) is 7.29. The van der Waals surface area contributed by atoms with Crippen molar-refractivity contribution in [2.24, 2.45) is 11.7 Å². The zero-order valence-corrected chi connectivity index (χ0v) is 13.0. The third-order valence-electron chi connectivity index (χ3n) is 5.15. The Bertz CT molecular complexity index is 481. The molecule has 1 saturated heterocycles. The number of rotatable bonds is 3. The van der Waals surface area contributed by atoms with Crippen molar-refractivity contribution in [1.29, 1.82) is 0 Å². The molecule has 1 heterocycles. The maximum Gasteiger partial charge on any atom is 0.127 e. The highest BCUT2D eigenvalue weighted by atomic mass is 35.5. The lowest BCUT2D eigenvalue weighted by molar-refractivity contribution is -0.0961. The second-order valence-corrected chi connectivity index (χ2v) is 6.97. The predicted octanol–water partition coefficient (Wildman–Crippen LogP) is 4.09. The van der Waals surface area contributed by atoms with Crippen LogP contribution in [-0.2, 0) is 11.2 Å². The summed E-state index contributed by atoms with van der Waals surface area (Å²) in [5.74, 6) is 0.146. The molecule has 2 atom stereocenters. The molecule has 4 heteroatoms. The van der Waals surface area contributed by atoms with Crippen LogP contribution in [0.15, 0.2) is 18.2 Å². The second kappa shape index (κ2) is 6.23. The highest BCUT2D eigenvalue weighted by molar-refractivity contribution is 6.31. The van der Waals surface area contributed by atoms with Crippen molar-refractivity contribution >= 4 is 11.6 Å². The highest BCUT2D eigenvalue weighted by Gasteiger charge is 2.41. The average molecular weight is 312 g/mol. The first-order valence-corrected chi connectivity index (χ1v) is 8.30. The van der Waals surface area contributed by atoms with Crippen LogP contribution >= 0.6 is 11.6 Å². The molecule has 2 nitrogen and oxygen atoms in total. The van der Waals surface area contributed by atoms with E-state index in [4.69, 9.17) is 22.1 Å². The molecule has 1 aromatic carbocycles. The number of halogens is 2. The van der Waals surface area contributed by atoms with Crippen molar-refractivity contribution in [1.82, 2.24) is 0 Å². The van der Waals surface area contributed by atoms with Gasteiger partial charge in [-0.2, -0.15) is 0 Å². The fourth-order valence-electron chi connectivity index (χ4n) is 3.93. The molecular weight excluding hydrogens is 289 g/mol. The molecule has 1 aliphatic carbocycles. The molecule has 0 bridgehead atoms. The lowest BCUT2D eigenvalue weighted by atomic mass is 9.79. The zero-order chi connectivity index (χ0) is 14.9. The van der Waals surface area contributed by atoms with Crippen molar-refractivity contribution in [3.8, 4) is 0 Å². The van der Waals surface area contributed by atoms with Gasteiger partial charge in [0.1, 0.15) is 5.82 Å². The largest absolute Gasteiger partial charge is 0.375 e. The van der Waals surface area contributed by atoms with Crippen LogP contribution in [0.3, 0.4) is 0 Å². The summed E-state index contributed by atoms with van der Waals surface area (Å²) in [5, 5.41) is 0.480. The van der Waals surface area contributed by atoms with Gasteiger partial charge in [-0.1, -0.05) is 30.5 Å². The van der Waals surface area contributed by atoms with Crippen LogP contribution in [0.1, 0.15) is 44.1 Å². The maximum absolute atomic E-state index is 13.9. The van der Waals surface area contributed by atoms with Crippen LogP contribution in [0.5, 0.6) is 0 Å². The van der Waals surface area contributed by atoms with Crippen molar-refractivity contribution in [2.45, 2.75) is 56.6 Å². The van der Waals surface area contributed by atoms with Gasteiger partial charge in [0, 0.05) is 23.2 Å². The van der Waals surface area contributed by atoms with Gasteiger partial charge in [0.05, 0.1) is 5.60 Å². The molecule has 0 amide bonds. The van der Waals surface area contributed by atoms with Crippen molar-refractivity contribution < 1.29 is 9.13 Å². The summed E-state index contributed by atoms with van der Waals surface area (Å²) in [5.41, 5.74) is 7.00. The topological polar surface area (TPSA) is 35.2 Å². The first kappa shape index (κ1) is 15.3. The standard InChI is InChI=1S/C17H23ClFNO/c18-14-4-3-5-15(19)13(14)10-16(20)12-6-9-21-17(11-12)7-1-2-8-17/h3-5,12,16H,1-2,6-11,20H2.